The van der Waals surface area contributed by atoms with Crippen LogP contribution in [0.4, 0.5) is 0 Å². The predicted octanol–water partition coefficient (Wildman–Crippen LogP) is 4.12. The summed E-state index contributed by atoms with van der Waals surface area (Å²) >= 11 is 12.2. The number of hydrogen-bond acceptors (Lipinski definition) is 2. The van der Waals surface area contributed by atoms with E-state index in [0.717, 1.165) is 18.7 Å². The lowest BCUT2D eigenvalue weighted by Crippen LogP contribution is -2.49. The minimum atomic E-state index is -0.0476. The molecule has 2 aromatic carbocycles. The van der Waals surface area contributed by atoms with Crippen LogP contribution in [0, 0.1) is 0 Å². The van der Waals surface area contributed by atoms with E-state index in [9.17, 15) is 4.79 Å². The summed E-state index contributed by atoms with van der Waals surface area (Å²) in [5.41, 5.74) is 1.64. The van der Waals surface area contributed by atoms with Crippen LogP contribution in [-0.2, 0) is 0 Å². The lowest BCUT2D eigenvalue weighted by atomic mass is 10.0. The van der Waals surface area contributed by atoms with Gasteiger partial charge in [-0.2, -0.15) is 0 Å². The second-order valence-corrected chi connectivity index (χ2v) is 6.66. The average molecular weight is 349 g/mol. The zero-order chi connectivity index (χ0) is 16.4. The summed E-state index contributed by atoms with van der Waals surface area (Å²) in [7, 11) is 2.08. The Kier molecular flexibility index (Phi) is 4.90. The highest BCUT2D eigenvalue weighted by Crippen LogP contribution is 2.29. The van der Waals surface area contributed by atoms with Gasteiger partial charge >= 0.3 is 0 Å². The molecule has 120 valence electrons. The molecule has 5 heteroatoms. The first-order valence-electron chi connectivity index (χ1n) is 7.56. The fraction of sp³-hybridized carbons (Fsp3) is 0.278. The van der Waals surface area contributed by atoms with E-state index in [0.29, 0.717) is 22.2 Å². The summed E-state index contributed by atoms with van der Waals surface area (Å²) in [6.45, 7) is 2.33. The van der Waals surface area contributed by atoms with Gasteiger partial charge < -0.3 is 9.80 Å². The molecule has 1 fully saturated rings. The van der Waals surface area contributed by atoms with Gasteiger partial charge in [0, 0.05) is 24.7 Å². The van der Waals surface area contributed by atoms with Crippen molar-refractivity contribution in [2.45, 2.75) is 6.04 Å². The molecule has 1 saturated heterocycles. The fourth-order valence-corrected chi connectivity index (χ4v) is 3.43. The van der Waals surface area contributed by atoms with Gasteiger partial charge in [-0.1, -0.05) is 53.5 Å². The molecule has 0 radical (unpaired) electrons. The molecule has 0 N–H and O–H groups in total. The number of piperazine rings is 1. The van der Waals surface area contributed by atoms with Crippen LogP contribution in [0.5, 0.6) is 0 Å². The molecule has 1 aliphatic rings. The van der Waals surface area contributed by atoms with Crippen molar-refractivity contribution in [2.24, 2.45) is 0 Å². The van der Waals surface area contributed by atoms with E-state index in [-0.39, 0.29) is 11.9 Å². The SMILES string of the molecule is CN1CCN(C(=O)c2ccc(Cl)cc2Cl)C(c2ccccc2)C1. The van der Waals surface area contributed by atoms with Crippen LogP contribution in [0.2, 0.25) is 10.0 Å². The lowest BCUT2D eigenvalue weighted by Gasteiger charge is -2.40. The number of rotatable bonds is 2. The Bertz CT molecular complexity index is 705. The van der Waals surface area contributed by atoms with E-state index in [1.54, 1.807) is 18.2 Å². The third kappa shape index (κ3) is 3.52. The third-order valence-corrected chi connectivity index (χ3v) is 4.74. The largest absolute Gasteiger partial charge is 0.329 e. The Morgan fingerprint density at radius 2 is 1.83 bits per heavy atom. The molecule has 0 aliphatic carbocycles. The number of amides is 1. The minimum absolute atomic E-state index is 0.0224. The maximum atomic E-state index is 13.0. The average Bonchev–Trinajstić information content (AvgIpc) is 2.55. The maximum absolute atomic E-state index is 13.0. The number of hydrogen-bond donors (Lipinski definition) is 0. The van der Waals surface area contributed by atoms with Crippen molar-refractivity contribution < 1.29 is 4.79 Å². The van der Waals surface area contributed by atoms with Crippen molar-refractivity contribution in [1.29, 1.82) is 0 Å². The molecule has 1 heterocycles. The van der Waals surface area contributed by atoms with Gasteiger partial charge in [0.25, 0.3) is 5.91 Å². The molecule has 3 nitrogen and oxygen atoms in total. The maximum Gasteiger partial charge on any atom is 0.255 e. The number of nitrogens with zero attached hydrogens (tertiary/aromatic N) is 2. The summed E-state index contributed by atoms with van der Waals surface area (Å²) in [5, 5.41) is 0.928. The molecule has 23 heavy (non-hydrogen) atoms. The van der Waals surface area contributed by atoms with Crippen LogP contribution in [0.3, 0.4) is 0 Å². The first-order valence-corrected chi connectivity index (χ1v) is 8.31. The molecule has 1 unspecified atom stereocenters. The minimum Gasteiger partial charge on any atom is -0.329 e. The van der Waals surface area contributed by atoms with Gasteiger partial charge in [0.05, 0.1) is 16.6 Å². The molecule has 0 spiro atoms. The normalized spacial score (nSPS) is 18.9. The van der Waals surface area contributed by atoms with E-state index in [4.69, 9.17) is 23.2 Å². The molecule has 3 rings (SSSR count). The van der Waals surface area contributed by atoms with Crippen LogP contribution in [0.1, 0.15) is 22.0 Å². The van der Waals surface area contributed by atoms with Gasteiger partial charge in [-0.25, -0.2) is 0 Å². The van der Waals surface area contributed by atoms with Crippen molar-refractivity contribution in [3.05, 3.63) is 69.7 Å². The molecule has 0 bridgehead atoms. The van der Waals surface area contributed by atoms with Crippen molar-refractivity contribution in [2.75, 3.05) is 26.7 Å². The van der Waals surface area contributed by atoms with Gasteiger partial charge in [-0.15, -0.1) is 0 Å². The van der Waals surface area contributed by atoms with Gasteiger partial charge in [0.1, 0.15) is 0 Å². The first kappa shape index (κ1) is 16.3. The van der Waals surface area contributed by atoms with E-state index in [2.05, 4.69) is 24.1 Å². The Labute approximate surface area is 146 Å². The standard InChI is InChI=1S/C18H18Cl2N2O/c1-21-9-10-22(17(12-21)13-5-3-2-4-6-13)18(23)15-8-7-14(19)11-16(15)20/h2-8,11,17H,9-10,12H2,1H3. The highest BCUT2D eigenvalue weighted by molar-refractivity contribution is 6.36. The van der Waals surface area contributed by atoms with Crippen LogP contribution < -0.4 is 0 Å². The third-order valence-electron chi connectivity index (χ3n) is 4.19. The predicted molar refractivity (Wildman–Crippen MR) is 94.2 cm³/mol. The molecular weight excluding hydrogens is 331 g/mol. The monoisotopic (exact) mass is 348 g/mol. The van der Waals surface area contributed by atoms with Crippen molar-refractivity contribution in [1.82, 2.24) is 9.80 Å². The second-order valence-electron chi connectivity index (χ2n) is 5.81. The van der Waals surface area contributed by atoms with Gasteiger partial charge in [0.2, 0.25) is 0 Å². The number of likely N-dealkylation sites (N-methyl/N-ethyl adjacent to an activating group) is 1. The van der Waals surface area contributed by atoms with Crippen molar-refractivity contribution in [3.63, 3.8) is 0 Å². The second kappa shape index (κ2) is 6.91. The summed E-state index contributed by atoms with van der Waals surface area (Å²) in [6, 6.07) is 15.2. The van der Waals surface area contributed by atoms with Crippen molar-refractivity contribution in [3.8, 4) is 0 Å². The highest BCUT2D eigenvalue weighted by Gasteiger charge is 2.31. The van der Waals surface area contributed by atoms with Crippen LogP contribution in [-0.4, -0.2) is 42.4 Å². The van der Waals surface area contributed by atoms with Gasteiger partial charge in [0.15, 0.2) is 0 Å². The van der Waals surface area contributed by atoms with Crippen LogP contribution >= 0.6 is 23.2 Å². The fourth-order valence-electron chi connectivity index (χ4n) is 2.94. The molecule has 0 saturated carbocycles. The van der Waals surface area contributed by atoms with Crippen molar-refractivity contribution >= 4 is 29.1 Å². The number of halogens is 2. The van der Waals surface area contributed by atoms with Gasteiger partial charge in [-0.05, 0) is 30.8 Å². The Hall–Kier alpha value is -1.55. The van der Waals surface area contributed by atoms with E-state index >= 15 is 0 Å². The molecule has 0 aromatic heterocycles. The topological polar surface area (TPSA) is 23.6 Å². The first-order chi connectivity index (χ1) is 11.1. The Morgan fingerprint density at radius 1 is 1.09 bits per heavy atom. The summed E-state index contributed by atoms with van der Waals surface area (Å²) in [6.07, 6.45) is 0. The Balaban J connectivity index is 1.93. The van der Waals surface area contributed by atoms with E-state index in [1.807, 2.05) is 23.1 Å². The lowest BCUT2D eigenvalue weighted by molar-refractivity contribution is 0.0498. The zero-order valence-corrected chi connectivity index (χ0v) is 14.4. The quantitative estimate of drug-likeness (QED) is 0.814. The van der Waals surface area contributed by atoms with Crippen LogP contribution in [0.15, 0.2) is 48.5 Å². The highest BCUT2D eigenvalue weighted by atomic mass is 35.5. The summed E-state index contributed by atoms with van der Waals surface area (Å²) < 4.78 is 0. The summed E-state index contributed by atoms with van der Waals surface area (Å²) in [5.74, 6) is -0.0476. The number of benzene rings is 2. The van der Waals surface area contributed by atoms with E-state index < -0.39 is 0 Å². The summed E-state index contributed by atoms with van der Waals surface area (Å²) in [4.78, 5) is 17.2. The molecule has 1 amide bonds. The molecule has 1 aliphatic heterocycles. The molecular formula is C18H18Cl2N2O. The number of carbonyl (C=O) groups excluding carboxylic acids is 1. The number of carbonyl (C=O) groups is 1. The smallest absolute Gasteiger partial charge is 0.255 e. The zero-order valence-electron chi connectivity index (χ0n) is 12.9. The Morgan fingerprint density at radius 3 is 2.52 bits per heavy atom. The van der Waals surface area contributed by atoms with E-state index in [1.165, 1.54) is 0 Å². The van der Waals surface area contributed by atoms with Gasteiger partial charge in [-0.3, -0.25) is 4.79 Å². The molecule has 1 atom stereocenters. The molecule has 2 aromatic rings. The van der Waals surface area contributed by atoms with Crippen LogP contribution in [0.25, 0.3) is 0 Å².